The third-order valence-corrected chi connectivity index (χ3v) is 3.35. The lowest BCUT2D eigenvalue weighted by molar-refractivity contribution is 0.0533. The van der Waals surface area contributed by atoms with Crippen molar-refractivity contribution >= 4 is 5.91 Å². The zero-order valence-electron chi connectivity index (χ0n) is 10.8. The molecule has 1 aromatic rings. The van der Waals surface area contributed by atoms with Crippen LogP contribution in [0.3, 0.4) is 0 Å². The van der Waals surface area contributed by atoms with Crippen LogP contribution >= 0.6 is 0 Å². The summed E-state index contributed by atoms with van der Waals surface area (Å²) in [5.74, 6) is 0.0556. The molecule has 94 valence electrons. The van der Waals surface area contributed by atoms with Crippen molar-refractivity contribution in [1.82, 2.24) is 9.80 Å². The largest absolute Gasteiger partial charge is 0.333 e. The minimum absolute atomic E-state index is 0.0556. The van der Waals surface area contributed by atoms with E-state index >= 15 is 0 Å². The molecule has 1 aliphatic heterocycles. The number of rotatable bonds is 1. The van der Waals surface area contributed by atoms with Gasteiger partial charge in [-0.3, -0.25) is 4.79 Å². The Morgan fingerprint density at radius 1 is 1.33 bits per heavy atom. The SMILES string of the molecule is CC1CN(C)CCN1C(=O)c1ccc(C#N)cc1. The van der Waals surface area contributed by atoms with Gasteiger partial charge in [-0.25, -0.2) is 0 Å². The van der Waals surface area contributed by atoms with E-state index < -0.39 is 0 Å². The molecule has 1 aliphatic rings. The van der Waals surface area contributed by atoms with Gasteiger partial charge in [-0.05, 0) is 38.2 Å². The first-order valence-corrected chi connectivity index (χ1v) is 6.11. The lowest BCUT2D eigenvalue weighted by Crippen LogP contribution is -2.52. The number of hydrogen-bond acceptors (Lipinski definition) is 3. The number of nitrogens with zero attached hydrogens (tertiary/aromatic N) is 3. The number of carbonyl (C=O) groups is 1. The second-order valence-electron chi connectivity index (χ2n) is 4.80. The van der Waals surface area contributed by atoms with Gasteiger partial charge < -0.3 is 9.80 Å². The van der Waals surface area contributed by atoms with E-state index in [1.807, 2.05) is 4.90 Å². The quantitative estimate of drug-likeness (QED) is 0.747. The minimum atomic E-state index is 0.0556. The van der Waals surface area contributed by atoms with E-state index in [9.17, 15) is 4.79 Å². The zero-order chi connectivity index (χ0) is 13.1. The number of benzene rings is 1. The molecule has 1 amide bonds. The molecule has 1 fully saturated rings. The Bertz CT molecular complexity index is 475. The average Bonchev–Trinajstić information content (AvgIpc) is 2.38. The molecule has 18 heavy (non-hydrogen) atoms. The first-order valence-electron chi connectivity index (χ1n) is 6.11. The van der Waals surface area contributed by atoms with Gasteiger partial charge in [0, 0.05) is 31.2 Å². The molecule has 0 saturated carbocycles. The first-order chi connectivity index (χ1) is 8.61. The summed E-state index contributed by atoms with van der Waals surface area (Å²) in [6.07, 6.45) is 0. The first kappa shape index (κ1) is 12.6. The van der Waals surface area contributed by atoms with Gasteiger partial charge in [0.2, 0.25) is 0 Å². The van der Waals surface area contributed by atoms with Crippen molar-refractivity contribution in [2.75, 3.05) is 26.7 Å². The summed E-state index contributed by atoms with van der Waals surface area (Å²) in [5.41, 5.74) is 1.24. The molecular weight excluding hydrogens is 226 g/mol. The van der Waals surface area contributed by atoms with E-state index in [0.717, 1.165) is 19.6 Å². The van der Waals surface area contributed by atoms with Crippen LogP contribution in [-0.4, -0.2) is 48.4 Å². The molecule has 4 heteroatoms. The molecule has 2 rings (SSSR count). The molecule has 0 aliphatic carbocycles. The van der Waals surface area contributed by atoms with Crippen LogP contribution in [-0.2, 0) is 0 Å². The number of nitriles is 1. The van der Waals surface area contributed by atoms with Gasteiger partial charge in [0.15, 0.2) is 0 Å². The maximum absolute atomic E-state index is 12.3. The van der Waals surface area contributed by atoms with Crippen LogP contribution in [0.5, 0.6) is 0 Å². The molecule has 1 aromatic carbocycles. The van der Waals surface area contributed by atoms with Gasteiger partial charge >= 0.3 is 0 Å². The normalized spacial score (nSPS) is 20.5. The van der Waals surface area contributed by atoms with E-state index in [1.54, 1.807) is 24.3 Å². The Morgan fingerprint density at radius 3 is 2.56 bits per heavy atom. The lowest BCUT2D eigenvalue weighted by Gasteiger charge is -2.38. The van der Waals surface area contributed by atoms with Gasteiger partial charge in [-0.2, -0.15) is 5.26 Å². The molecule has 0 spiro atoms. The van der Waals surface area contributed by atoms with Gasteiger partial charge in [0.25, 0.3) is 5.91 Å². The highest BCUT2D eigenvalue weighted by molar-refractivity contribution is 5.94. The standard InChI is InChI=1S/C14H17N3O/c1-11-10-16(2)7-8-17(11)14(18)13-5-3-12(9-15)4-6-13/h3-6,11H,7-8,10H2,1-2H3. The van der Waals surface area contributed by atoms with Crippen LogP contribution < -0.4 is 0 Å². The Morgan fingerprint density at radius 2 is 2.00 bits per heavy atom. The summed E-state index contributed by atoms with van der Waals surface area (Å²) >= 11 is 0. The predicted octanol–water partition coefficient (Wildman–Crippen LogP) is 1.33. The van der Waals surface area contributed by atoms with Crippen molar-refractivity contribution in [3.63, 3.8) is 0 Å². The predicted molar refractivity (Wildman–Crippen MR) is 69.2 cm³/mol. The highest BCUT2D eigenvalue weighted by Gasteiger charge is 2.26. The van der Waals surface area contributed by atoms with E-state index in [1.165, 1.54) is 0 Å². The monoisotopic (exact) mass is 243 g/mol. The van der Waals surface area contributed by atoms with Crippen LogP contribution in [0.15, 0.2) is 24.3 Å². The summed E-state index contributed by atoms with van der Waals surface area (Å²) in [4.78, 5) is 16.5. The summed E-state index contributed by atoms with van der Waals surface area (Å²) in [5, 5.41) is 8.74. The molecule has 0 bridgehead atoms. The fraction of sp³-hybridized carbons (Fsp3) is 0.429. The topological polar surface area (TPSA) is 47.3 Å². The van der Waals surface area contributed by atoms with Crippen molar-refractivity contribution in [3.05, 3.63) is 35.4 Å². The summed E-state index contributed by atoms with van der Waals surface area (Å²) in [7, 11) is 2.07. The lowest BCUT2D eigenvalue weighted by atomic mass is 10.1. The van der Waals surface area contributed by atoms with E-state index in [4.69, 9.17) is 5.26 Å². The highest BCUT2D eigenvalue weighted by atomic mass is 16.2. The number of carbonyl (C=O) groups excluding carboxylic acids is 1. The number of hydrogen-bond donors (Lipinski definition) is 0. The van der Waals surface area contributed by atoms with Crippen LogP contribution in [0.1, 0.15) is 22.8 Å². The molecule has 1 unspecified atom stereocenters. The summed E-state index contributed by atoms with van der Waals surface area (Å²) in [6, 6.07) is 9.12. The van der Waals surface area contributed by atoms with E-state index in [-0.39, 0.29) is 11.9 Å². The van der Waals surface area contributed by atoms with Gasteiger partial charge in [-0.15, -0.1) is 0 Å². The van der Waals surface area contributed by atoms with E-state index in [2.05, 4.69) is 24.9 Å². The third kappa shape index (κ3) is 2.52. The third-order valence-electron chi connectivity index (χ3n) is 3.35. The molecule has 1 saturated heterocycles. The van der Waals surface area contributed by atoms with Crippen molar-refractivity contribution in [3.8, 4) is 6.07 Å². The highest BCUT2D eigenvalue weighted by Crippen LogP contribution is 2.13. The fourth-order valence-electron chi connectivity index (χ4n) is 2.29. The van der Waals surface area contributed by atoms with Gasteiger partial charge in [0.1, 0.15) is 0 Å². The summed E-state index contributed by atoms with van der Waals surface area (Å²) < 4.78 is 0. The minimum Gasteiger partial charge on any atom is -0.333 e. The molecule has 1 heterocycles. The van der Waals surface area contributed by atoms with Crippen LogP contribution in [0, 0.1) is 11.3 Å². The van der Waals surface area contributed by atoms with Crippen molar-refractivity contribution in [2.24, 2.45) is 0 Å². The maximum atomic E-state index is 12.3. The second-order valence-corrected chi connectivity index (χ2v) is 4.80. The van der Waals surface area contributed by atoms with Crippen molar-refractivity contribution in [2.45, 2.75) is 13.0 Å². The van der Waals surface area contributed by atoms with Crippen molar-refractivity contribution in [1.29, 1.82) is 5.26 Å². The number of amides is 1. The van der Waals surface area contributed by atoms with Gasteiger partial charge in [0.05, 0.1) is 11.6 Å². The molecule has 0 N–H and O–H groups in total. The second kappa shape index (κ2) is 5.19. The zero-order valence-corrected chi connectivity index (χ0v) is 10.8. The molecule has 1 atom stereocenters. The Kier molecular flexibility index (Phi) is 3.63. The van der Waals surface area contributed by atoms with E-state index in [0.29, 0.717) is 11.1 Å². The average molecular weight is 243 g/mol. The molecule has 0 aromatic heterocycles. The maximum Gasteiger partial charge on any atom is 0.254 e. The van der Waals surface area contributed by atoms with Crippen LogP contribution in [0.4, 0.5) is 0 Å². The fourth-order valence-corrected chi connectivity index (χ4v) is 2.29. The smallest absolute Gasteiger partial charge is 0.254 e. The van der Waals surface area contributed by atoms with Crippen molar-refractivity contribution < 1.29 is 4.79 Å². The molecular formula is C14H17N3O. The van der Waals surface area contributed by atoms with Gasteiger partial charge in [-0.1, -0.05) is 0 Å². The number of likely N-dealkylation sites (N-methyl/N-ethyl adjacent to an activating group) is 1. The summed E-state index contributed by atoms with van der Waals surface area (Å²) in [6.45, 7) is 4.64. The Hall–Kier alpha value is -1.86. The molecule has 4 nitrogen and oxygen atoms in total. The Labute approximate surface area is 107 Å². The molecule has 0 radical (unpaired) electrons. The Balaban J connectivity index is 2.13. The van der Waals surface area contributed by atoms with Crippen LogP contribution in [0.25, 0.3) is 0 Å². The van der Waals surface area contributed by atoms with Crippen LogP contribution in [0.2, 0.25) is 0 Å². The number of piperazine rings is 1.